The van der Waals surface area contributed by atoms with Crippen molar-refractivity contribution < 1.29 is 4.79 Å². The number of nitrogens with zero attached hydrogens (tertiary/aromatic N) is 1. The molecule has 0 aliphatic carbocycles. The topological polar surface area (TPSA) is 32.3 Å². The van der Waals surface area contributed by atoms with Gasteiger partial charge in [0.25, 0.3) is 5.91 Å². The number of amides is 1. The number of carbonyl (C=O) groups is 1. The van der Waals surface area contributed by atoms with Gasteiger partial charge in [0.1, 0.15) is 0 Å². The van der Waals surface area contributed by atoms with Gasteiger partial charge >= 0.3 is 0 Å². The lowest BCUT2D eigenvalue weighted by Crippen LogP contribution is -2.38. The van der Waals surface area contributed by atoms with Crippen LogP contribution in [0.5, 0.6) is 0 Å². The highest BCUT2D eigenvalue weighted by Crippen LogP contribution is 2.23. The lowest BCUT2D eigenvalue weighted by molar-refractivity contribution is 0.0688. The van der Waals surface area contributed by atoms with Crippen LogP contribution in [0.3, 0.4) is 0 Å². The maximum Gasteiger partial charge on any atom is 0.254 e. The van der Waals surface area contributed by atoms with Crippen LogP contribution >= 0.6 is 0 Å². The first-order valence-electron chi connectivity index (χ1n) is 7.23. The van der Waals surface area contributed by atoms with Crippen molar-refractivity contribution in [1.82, 2.24) is 4.90 Å². The number of carbonyl (C=O) groups excluding carboxylic acids is 1. The van der Waals surface area contributed by atoms with Crippen molar-refractivity contribution in [2.75, 3.05) is 25.5 Å². The number of benzene rings is 1. The Labute approximate surface area is 116 Å². The molecule has 1 aromatic rings. The average molecular weight is 260 g/mol. The molecule has 1 heterocycles. The monoisotopic (exact) mass is 260 g/mol. The average Bonchev–Trinajstić information content (AvgIpc) is 2.46. The van der Waals surface area contributed by atoms with Gasteiger partial charge in [0.15, 0.2) is 0 Å². The summed E-state index contributed by atoms with van der Waals surface area (Å²) in [7, 11) is 1.89. The summed E-state index contributed by atoms with van der Waals surface area (Å²) in [6.07, 6.45) is 3.53. The van der Waals surface area contributed by atoms with Crippen LogP contribution in [0.25, 0.3) is 0 Å². The predicted molar refractivity (Wildman–Crippen MR) is 79.6 cm³/mol. The van der Waals surface area contributed by atoms with E-state index in [1.165, 1.54) is 6.42 Å². The molecule has 3 heteroatoms. The number of anilines is 1. The maximum atomic E-state index is 12.5. The first-order valence-corrected chi connectivity index (χ1v) is 7.23. The van der Waals surface area contributed by atoms with Gasteiger partial charge in [-0.05, 0) is 49.4 Å². The first-order chi connectivity index (χ1) is 9.15. The summed E-state index contributed by atoms with van der Waals surface area (Å²) in [5.74, 6) is 0.992. The highest BCUT2D eigenvalue weighted by atomic mass is 16.2. The van der Waals surface area contributed by atoms with E-state index >= 15 is 0 Å². The zero-order valence-corrected chi connectivity index (χ0v) is 12.2. The van der Waals surface area contributed by atoms with Gasteiger partial charge in [-0.3, -0.25) is 4.79 Å². The number of piperidine rings is 1. The number of hydrogen-bond donors (Lipinski definition) is 1. The minimum absolute atomic E-state index is 0.190. The van der Waals surface area contributed by atoms with Crippen LogP contribution < -0.4 is 5.32 Å². The van der Waals surface area contributed by atoms with Gasteiger partial charge in [-0.2, -0.15) is 0 Å². The molecule has 0 saturated carbocycles. The standard InChI is InChI=1S/C16H24N2O/c1-4-13-7-9-18(10-8-13)16(19)15-6-5-14(17-3)11-12(15)2/h5-6,11,13,17H,4,7-10H2,1-3H3. The third-order valence-electron chi connectivity index (χ3n) is 4.22. The van der Waals surface area contributed by atoms with Crippen LogP contribution in [-0.4, -0.2) is 30.9 Å². The van der Waals surface area contributed by atoms with Crippen LogP contribution in [0.15, 0.2) is 18.2 Å². The molecule has 1 amide bonds. The van der Waals surface area contributed by atoms with E-state index in [-0.39, 0.29) is 5.91 Å². The SMILES string of the molecule is CCC1CCN(C(=O)c2ccc(NC)cc2C)CC1. The van der Waals surface area contributed by atoms with Gasteiger partial charge < -0.3 is 10.2 Å². The fraction of sp³-hybridized carbons (Fsp3) is 0.562. The summed E-state index contributed by atoms with van der Waals surface area (Å²) in [6.45, 7) is 6.06. The van der Waals surface area contributed by atoms with Crippen LogP contribution in [-0.2, 0) is 0 Å². The highest BCUT2D eigenvalue weighted by molar-refractivity contribution is 5.96. The first kappa shape index (κ1) is 13.9. The van der Waals surface area contributed by atoms with Crippen LogP contribution in [0.4, 0.5) is 5.69 Å². The smallest absolute Gasteiger partial charge is 0.254 e. The summed E-state index contributed by atoms with van der Waals surface area (Å²) >= 11 is 0. The molecule has 1 aliphatic heterocycles. The molecule has 19 heavy (non-hydrogen) atoms. The minimum Gasteiger partial charge on any atom is -0.388 e. The van der Waals surface area contributed by atoms with E-state index < -0.39 is 0 Å². The Bertz CT molecular complexity index is 448. The molecule has 0 aromatic heterocycles. The van der Waals surface area contributed by atoms with Crippen molar-refractivity contribution in [2.24, 2.45) is 5.92 Å². The van der Waals surface area contributed by atoms with Crippen molar-refractivity contribution in [3.05, 3.63) is 29.3 Å². The van der Waals surface area contributed by atoms with Gasteiger partial charge in [0.2, 0.25) is 0 Å². The maximum absolute atomic E-state index is 12.5. The fourth-order valence-corrected chi connectivity index (χ4v) is 2.77. The lowest BCUT2D eigenvalue weighted by Gasteiger charge is -2.32. The van der Waals surface area contributed by atoms with Crippen LogP contribution in [0.1, 0.15) is 42.1 Å². The van der Waals surface area contributed by atoms with Crippen molar-refractivity contribution in [1.29, 1.82) is 0 Å². The normalized spacial score (nSPS) is 16.5. The molecule has 1 saturated heterocycles. The third kappa shape index (κ3) is 3.09. The highest BCUT2D eigenvalue weighted by Gasteiger charge is 2.23. The predicted octanol–water partition coefficient (Wildman–Crippen LogP) is 3.30. The van der Waals surface area contributed by atoms with Crippen LogP contribution in [0.2, 0.25) is 0 Å². The van der Waals surface area contributed by atoms with Crippen molar-refractivity contribution >= 4 is 11.6 Å². The summed E-state index contributed by atoms with van der Waals surface area (Å²) in [5.41, 5.74) is 2.95. The second-order valence-corrected chi connectivity index (χ2v) is 5.42. The number of aryl methyl sites for hydroxylation is 1. The quantitative estimate of drug-likeness (QED) is 0.904. The van der Waals surface area contributed by atoms with Crippen molar-refractivity contribution in [2.45, 2.75) is 33.1 Å². The molecular weight excluding hydrogens is 236 g/mol. The molecule has 104 valence electrons. The Kier molecular flexibility index (Phi) is 4.46. The summed E-state index contributed by atoms with van der Waals surface area (Å²) in [5, 5.41) is 3.10. The second kappa shape index (κ2) is 6.09. The Hall–Kier alpha value is -1.51. The van der Waals surface area contributed by atoms with Gasteiger partial charge in [0.05, 0.1) is 0 Å². The molecular formula is C16H24N2O. The molecule has 0 radical (unpaired) electrons. The second-order valence-electron chi connectivity index (χ2n) is 5.42. The van der Waals surface area contributed by atoms with E-state index in [0.29, 0.717) is 0 Å². The lowest BCUT2D eigenvalue weighted by atomic mass is 9.94. The number of hydrogen-bond acceptors (Lipinski definition) is 2. The molecule has 0 spiro atoms. The Morgan fingerprint density at radius 2 is 2.05 bits per heavy atom. The van der Waals surface area contributed by atoms with Crippen molar-refractivity contribution in [3.63, 3.8) is 0 Å². The summed E-state index contributed by atoms with van der Waals surface area (Å²) in [6, 6.07) is 5.94. The van der Waals surface area contributed by atoms with E-state index in [2.05, 4.69) is 12.2 Å². The number of nitrogens with one attached hydrogen (secondary N) is 1. The minimum atomic E-state index is 0.190. The zero-order chi connectivity index (χ0) is 13.8. The van der Waals surface area contributed by atoms with Crippen molar-refractivity contribution in [3.8, 4) is 0 Å². The number of rotatable bonds is 3. The van der Waals surface area contributed by atoms with Gasteiger partial charge in [-0.15, -0.1) is 0 Å². The summed E-state index contributed by atoms with van der Waals surface area (Å²) in [4.78, 5) is 14.5. The fourth-order valence-electron chi connectivity index (χ4n) is 2.77. The molecule has 1 N–H and O–H groups in total. The molecule has 1 fully saturated rings. The zero-order valence-electron chi connectivity index (χ0n) is 12.2. The third-order valence-corrected chi connectivity index (χ3v) is 4.22. The molecule has 0 bridgehead atoms. The van der Waals surface area contributed by atoms with Gasteiger partial charge in [-0.1, -0.05) is 13.3 Å². The Balaban J connectivity index is 2.08. The largest absolute Gasteiger partial charge is 0.388 e. The molecule has 1 aromatic carbocycles. The molecule has 2 rings (SSSR count). The molecule has 3 nitrogen and oxygen atoms in total. The van der Waals surface area contributed by atoms with E-state index in [4.69, 9.17) is 0 Å². The summed E-state index contributed by atoms with van der Waals surface area (Å²) < 4.78 is 0. The van der Waals surface area contributed by atoms with E-state index in [9.17, 15) is 4.79 Å². The van der Waals surface area contributed by atoms with Crippen LogP contribution in [0, 0.1) is 12.8 Å². The van der Waals surface area contributed by atoms with Gasteiger partial charge in [-0.25, -0.2) is 0 Å². The molecule has 0 atom stereocenters. The Morgan fingerprint density at radius 3 is 2.58 bits per heavy atom. The van der Waals surface area contributed by atoms with E-state index in [0.717, 1.165) is 48.7 Å². The Morgan fingerprint density at radius 1 is 1.37 bits per heavy atom. The van der Waals surface area contributed by atoms with E-state index in [1.54, 1.807) is 0 Å². The molecule has 0 unspecified atom stereocenters. The van der Waals surface area contributed by atoms with E-state index in [1.807, 2.05) is 37.1 Å². The van der Waals surface area contributed by atoms with Gasteiger partial charge in [0, 0.05) is 31.4 Å². The number of likely N-dealkylation sites (tertiary alicyclic amines) is 1. The molecule has 1 aliphatic rings.